The van der Waals surface area contributed by atoms with E-state index < -0.39 is 0 Å². The summed E-state index contributed by atoms with van der Waals surface area (Å²) in [5, 5.41) is 0.546. The fourth-order valence-electron chi connectivity index (χ4n) is 4.95. The summed E-state index contributed by atoms with van der Waals surface area (Å²) < 4.78 is 0. The van der Waals surface area contributed by atoms with E-state index in [1.165, 1.54) is 17.7 Å². The normalized spacial score (nSPS) is 37.7. The third-order valence-electron chi connectivity index (χ3n) is 5.92. The van der Waals surface area contributed by atoms with Crippen molar-refractivity contribution in [2.24, 2.45) is 29.1 Å². The van der Waals surface area contributed by atoms with E-state index in [9.17, 15) is 9.59 Å². The van der Waals surface area contributed by atoms with Gasteiger partial charge in [0.1, 0.15) is 0 Å². The Morgan fingerprint density at radius 2 is 1.67 bits per heavy atom. The van der Waals surface area contributed by atoms with Crippen LogP contribution in [0.3, 0.4) is 0 Å². The predicted molar refractivity (Wildman–Crippen MR) is 78.7 cm³/mol. The SMILES string of the molecule is O=C1[C@@H]2[C@H](C(=O)N1c1cccc(Cl)c1)[C@H]1C=C[C@@H]2C12CC2. The van der Waals surface area contributed by atoms with Crippen LogP contribution in [0.15, 0.2) is 36.4 Å². The summed E-state index contributed by atoms with van der Waals surface area (Å²) in [6.45, 7) is 0. The number of benzene rings is 1. The van der Waals surface area contributed by atoms with Crippen LogP contribution in [0.1, 0.15) is 12.8 Å². The first-order valence-corrected chi connectivity index (χ1v) is 7.83. The summed E-state index contributed by atoms with van der Waals surface area (Å²) in [5.74, 6) is 0.190. The molecule has 2 amide bonds. The van der Waals surface area contributed by atoms with Crippen molar-refractivity contribution < 1.29 is 9.59 Å². The van der Waals surface area contributed by atoms with Crippen LogP contribution in [0.2, 0.25) is 5.02 Å². The Balaban J connectivity index is 1.59. The molecule has 0 aromatic heterocycles. The average molecular weight is 300 g/mol. The molecule has 1 aromatic carbocycles. The number of carbonyl (C=O) groups excluding carboxylic acids is 2. The number of anilines is 1. The Hall–Kier alpha value is -1.61. The number of nitrogens with zero attached hydrogens (tertiary/aromatic N) is 1. The molecule has 1 heterocycles. The molecule has 4 atom stereocenters. The van der Waals surface area contributed by atoms with Crippen LogP contribution in [0.5, 0.6) is 0 Å². The number of hydrogen-bond donors (Lipinski definition) is 0. The van der Waals surface area contributed by atoms with Crippen molar-refractivity contribution in [3.05, 3.63) is 41.4 Å². The highest BCUT2D eigenvalue weighted by atomic mass is 35.5. The van der Waals surface area contributed by atoms with E-state index in [1.807, 2.05) is 0 Å². The van der Waals surface area contributed by atoms with Gasteiger partial charge in [-0.15, -0.1) is 0 Å². The van der Waals surface area contributed by atoms with Gasteiger partial charge in [-0.3, -0.25) is 9.59 Å². The molecule has 3 nitrogen and oxygen atoms in total. The molecule has 4 heteroatoms. The summed E-state index contributed by atoms with van der Waals surface area (Å²) in [6.07, 6.45) is 6.71. The molecule has 3 fully saturated rings. The van der Waals surface area contributed by atoms with Crippen LogP contribution in [0.4, 0.5) is 5.69 Å². The second-order valence-electron chi connectivity index (χ2n) is 6.71. The maximum absolute atomic E-state index is 12.8. The molecule has 4 aliphatic rings. The summed E-state index contributed by atoms with van der Waals surface area (Å²) in [6, 6.07) is 7.01. The van der Waals surface area contributed by atoms with Crippen LogP contribution < -0.4 is 4.90 Å². The lowest BCUT2D eigenvalue weighted by Gasteiger charge is -2.21. The van der Waals surface area contributed by atoms with E-state index in [-0.39, 0.29) is 40.9 Å². The number of rotatable bonds is 1. The van der Waals surface area contributed by atoms with Gasteiger partial charge in [-0.1, -0.05) is 29.8 Å². The van der Waals surface area contributed by atoms with Crippen molar-refractivity contribution in [2.75, 3.05) is 4.90 Å². The maximum Gasteiger partial charge on any atom is 0.238 e. The van der Waals surface area contributed by atoms with Gasteiger partial charge in [0.15, 0.2) is 0 Å². The first-order chi connectivity index (χ1) is 10.1. The second-order valence-corrected chi connectivity index (χ2v) is 7.15. The summed E-state index contributed by atoms with van der Waals surface area (Å²) in [5.41, 5.74) is 0.859. The lowest BCUT2D eigenvalue weighted by molar-refractivity contribution is -0.123. The zero-order valence-electron chi connectivity index (χ0n) is 11.3. The van der Waals surface area contributed by atoms with Crippen LogP contribution in [-0.4, -0.2) is 11.8 Å². The van der Waals surface area contributed by atoms with Gasteiger partial charge < -0.3 is 0 Å². The van der Waals surface area contributed by atoms with E-state index in [2.05, 4.69) is 12.2 Å². The molecule has 106 valence electrons. The molecular formula is C17H14ClNO2. The van der Waals surface area contributed by atoms with Crippen LogP contribution in [-0.2, 0) is 9.59 Å². The zero-order valence-corrected chi connectivity index (χ0v) is 12.1. The van der Waals surface area contributed by atoms with E-state index in [4.69, 9.17) is 11.6 Å². The Morgan fingerprint density at radius 3 is 2.19 bits per heavy atom. The molecule has 1 aromatic rings. The molecule has 21 heavy (non-hydrogen) atoms. The maximum atomic E-state index is 12.8. The third kappa shape index (κ3) is 1.27. The fourth-order valence-corrected chi connectivity index (χ4v) is 5.13. The van der Waals surface area contributed by atoms with Crippen molar-refractivity contribution in [3.63, 3.8) is 0 Å². The molecule has 0 unspecified atom stereocenters. The summed E-state index contributed by atoms with van der Waals surface area (Å²) in [4.78, 5) is 27.0. The smallest absolute Gasteiger partial charge is 0.238 e. The third-order valence-corrected chi connectivity index (χ3v) is 6.15. The molecule has 1 aliphatic heterocycles. The van der Waals surface area contributed by atoms with Crippen molar-refractivity contribution in [3.8, 4) is 0 Å². The summed E-state index contributed by atoms with van der Waals surface area (Å²) >= 11 is 6.00. The number of amides is 2. The molecule has 0 radical (unpaired) electrons. The topological polar surface area (TPSA) is 37.4 Å². The molecule has 1 saturated heterocycles. The van der Waals surface area contributed by atoms with Gasteiger partial charge in [0.25, 0.3) is 0 Å². The van der Waals surface area contributed by atoms with Gasteiger partial charge in [0.05, 0.1) is 17.5 Å². The van der Waals surface area contributed by atoms with Crippen molar-refractivity contribution >= 4 is 29.1 Å². The Kier molecular flexibility index (Phi) is 2.05. The quantitative estimate of drug-likeness (QED) is 0.590. The summed E-state index contributed by atoms with van der Waals surface area (Å²) in [7, 11) is 0. The highest BCUT2D eigenvalue weighted by Crippen LogP contribution is 2.73. The van der Waals surface area contributed by atoms with Gasteiger partial charge in [-0.05, 0) is 48.3 Å². The molecule has 2 bridgehead atoms. The van der Waals surface area contributed by atoms with E-state index >= 15 is 0 Å². The lowest BCUT2D eigenvalue weighted by atomic mass is 9.85. The van der Waals surface area contributed by atoms with Crippen LogP contribution in [0.25, 0.3) is 0 Å². The molecule has 2 saturated carbocycles. The van der Waals surface area contributed by atoms with E-state index in [0.29, 0.717) is 10.7 Å². The number of carbonyl (C=O) groups is 2. The van der Waals surface area contributed by atoms with Crippen LogP contribution >= 0.6 is 11.6 Å². The molecular weight excluding hydrogens is 286 g/mol. The van der Waals surface area contributed by atoms with Crippen molar-refractivity contribution in [1.29, 1.82) is 0 Å². The van der Waals surface area contributed by atoms with Gasteiger partial charge in [-0.2, -0.15) is 0 Å². The monoisotopic (exact) mass is 299 g/mol. The number of halogens is 1. The number of imide groups is 1. The molecule has 5 rings (SSSR count). The first-order valence-electron chi connectivity index (χ1n) is 7.45. The molecule has 0 N–H and O–H groups in total. The first kappa shape index (κ1) is 12.0. The van der Waals surface area contributed by atoms with Gasteiger partial charge >= 0.3 is 0 Å². The van der Waals surface area contributed by atoms with Crippen molar-refractivity contribution in [2.45, 2.75) is 12.8 Å². The van der Waals surface area contributed by atoms with Gasteiger partial charge in [0.2, 0.25) is 11.8 Å². The molecule has 1 spiro atoms. The molecule has 3 aliphatic carbocycles. The minimum atomic E-state index is -0.144. The fraction of sp³-hybridized carbons (Fsp3) is 0.412. The zero-order chi connectivity index (χ0) is 14.4. The van der Waals surface area contributed by atoms with E-state index in [1.54, 1.807) is 24.3 Å². The predicted octanol–water partition coefficient (Wildman–Crippen LogP) is 3.04. The second kappa shape index (κ2) is 3.58. The van der Waals surface area contributed by atoms with Crippen molar-refractivity contribution in [1.82, 2.24) is 0 Å². The Bertz CT molecular complexity index is 687. The van der Waals surface area contributed by atoms with Gasteiger partial charge in [0, 0.05) is 5.02 Å². The Morgan fingerprint density at radius 1 is 1.05 bits per heavy atom. The van der Waals surface area contributed by atoms with Crippen LogP contribution in [0, 0.1) is 29.1 Å². The standard InChI is InChI=1S/C17H14ClNO2/c18-9-2-1-3-10(8-9)19-15(20)13-11-4-5-12(14(13)16(19)21)17(11)6-7-17/h1-5,8,11-14H,6-7H2/t11-,12+,13-,14+. The Labute approximate surface area is 127 Å². The minimum Gasteiger partial charge on any atom is -0.274 e. The average Bonchev–Trinajstić information content (AvgIpc) is 3.05. The number of allylic oxidation sites excluding steroid dienone is 2. The highest BCUT2D eigenvalue weighted by Gasteiger charge is 2.73. The van der Waals surface area contributed by atoms with E-state index in [0.717, 1.165) is 0 Å². The number of fused-ring (bicyclic) bond motifs is 3. The largest absolute Gasteiger partial charge is 0.274 e. The number of hydrogen-bond acceptors (Lipinski definition) is 2. The minimum absolute atomic E-state index is 0.0320. The lowest BCUT2D eigenvalue weighted by Crippen LogP contribution is -2.34. The highest BCUT2D eigenvalue weighted by molar-refractivity contribution is 6.31. The van der Waals surface area contributed by atoms with Gasteiger partial charge in [-0.25, -0.2) is 4.90 Å².